The van der Waals surface area contributed by atoms with Gasteiger partial charge in [0.1, 0.15) is 0 Å². The summed E-state index contributed by atoms with van der Waals surface area (Å²) >= 11 is 0. The summed E-state index contributed by atoms with van der Waals surface area (Å²) in [7, 11) is 0. The van der Waals surface area contributed by atoms with Gasteiger partial charge in [0.05, 0.1) is 11.8 Å². The molecule has 1 N–H and O–H groups in total. The van der Waals surface area contributed by atoms with Crippen molar-refractivity contribution in [3.8, 4) is 0 Å². The molecule has 2 saturated heterocycles. The summed E-state index contributed by atoms with van der Waals surface area (Å²) < 4.78 is 0. The molecular weight excluding hydrogens is 168 g/mol. The van der Waals surface area contributed by atoms with E-state index in [2.05, 4.69) is 5.32 Å². The number of hydrogen-bond acceptors (Lipinski definition) is 3. The van der Waals surface area contributed by atoms with Crippen molar-refractivity contribution >= 4 is 11.8 Å². The van der Waals surface area contributed by atoms with Crippen LogP contribution in [-0.2, 0) is 9.59 Å². The molecule has 3 atom stereocenters. The number of rotatable bonds is 1. The predicted molar refractivity (Wildman–Crippen MR) is 46.8 cm³/mol. The first-order chi connectivity index (χ1) is 6.16. The van der Waals surface area contributed by atoms with Crippen molar-refractivity contribution in [2.75, 3.05) is 13.1 Å². The second-order valence-electron chi connectivity index (χ2n) is 3.75. The standard InChI is InChI=1S/C9H14N2O2/c1-3-11-8(12)6-4-10-5(2)7(6)9(11)13/h5-7,10H,3-4H2,1-2H3. The number of hydrogen-bond donors (Lipinski definition) is 1. The lowest BCUT2D eigenvalue weighted by Gasteiger charge is -2.14. The Morgan fingerprint density at radius 3 is 2.69 bits per heavy atom. The van der Waals surface area contributed by atoms with Crippen LogP contribution in [0.1, 0.15) is 13.8 Å². The first-order valence-electron chi connectivity index (χ1n) is 4.75. The van der Waals surface area contributed by atoms with Crippen molar-refractivity contribution in [1.82, 2.24) is 10.2 Å². The summed E-state index contributed by atoms with van der Waals surface area (Å²) in [5, 5.41) is 3.16. The zero-order chi connectivity index (χ0) is 9.59. The van der Waals surface area contributed by atoms with E-state index in [0.29, 0.717) is 13.1 Å². The topological polar surface area (TPSA) is 49.4 Å². The molecule has 2 aliphatic heterocycles. The first kappa shape index (κ1) is 8.69. The molecule has 13 heavy (non-hydrogen) atoms. The Bertz CT molecular complexity index is 264. The summed E-state index contributed by atoms with van der Waals surface area (Å²) in [6.45, 7) is 4.98. The van der Waals surface area contributed by atoms with Crippen LogP contribution in [0.3, 0.4) is 0 Å². The summed E-state index contributed by atoms with van der Waals surface area (Å²) in [4.78, 5) is 24.7. The molecular formula is C9H14N2O2. The predicted octanol–water partition coefficient (Wildman–Crippen LogP) is -0.401. The third-order valence-corrected chi connectivity index (χ3v) is 3.08. The van der Waals surface area contributed by atoms with Crippen molar-refractivity contribution < 1.29 is 9.59 Å². The summed E-state index contributed by atoms with van der Waals surface area (Å²) in [5.74, 6) is -0.181. The van der Waals surface area contributed by atoms with E-state index >= 15 is 0 Å². The van der Waals surface area contributed by atoms with Gasteiger partial charge in [-0.3, -0.25) is 14.5 Å². The number of likely N-dealkylation sites (tertiary alicyclic amines) is 1. The second kappa shape index (κ2) is 2.80. The lowest BCUT2D eigenvalue weighted by atomic mass is 9.94. The highest BCUT2D eigenvalue weighted by Gasteiger charge is 2.52. The Morgan fingerprint density at radius 2 is 2.15 bits per heavy atom. The summed E-state index contributed by atoms with van der Waals surface area (Å²) in [6, 6.07) is 0.151. The molecule has 0 bridgehead atoms. The summed E-state index contributed by atoms with van der Waals surface area (Å²) in [5.41, 5.74) is 0. The first-order valence-corrected chi connectivity index (χ1v) is 4.75. The average Bonchev–Trinajstić information content (AvgIpc) is 2.57. The van der Waals surface area contributed by atoms with Gasteiger partial charge in [0, 0.05) is 19.1 Å². The Labute approximate surface area is 77.3 Å². The molecule has 2 rings (SSSR count). The van der Waals surface area contributed by atoms with Crippen LogP contribution in [0.15, 0.2) is 0 Å². The molecule has 0 aliphatic carbocycles. The van der Waals surface area contributed by atoms with E-state index in [-0.39, 0.29) is 29.7 Å². The molecule has 3 unspecified atom stereocenters. The molecule has 4 nitrogen and oxygen atoms in total. The quantitative estimate of drug-likeness (QED) is 0.561. The van der Waals surface area contributed by atoms with Crippen molar-refractivity contribution in [3.63, 3.8) is 0 Å². The number of carbonyl (C=O) groups excluding carboxylic acids is 2. The molecule has 0 radical (unpaired) electrons. The lowest BCUT2D eigenvalue weighted by Crippen LogP contribution is -2.37. The van der Waals surface area contributed by atoms with Crippen molar-refractivity contribution in [2.24, 2.45) is 11.8 Å². The van der Waals surface area contributed by atoms with Gasteiger partial charge in [-0.1, -0.05) is 0 Å². The minimum atomic E-state index is -0.104. The molecule has 0 aromatic rings. The van der Waals surface area contributed by atoms with E-state index in [1.54, 1.807) is 0 Å². The maximum Gasteiger partial charge on any atom is 0.234 e. The fourth-order valence-electron chi connectivity index (χ4n) is 2.34. The van der Waals surface area contributed by atoms with Crippen LogP contribution in [0, 0.1) is 11.8 Å². The maximum absolute atomic E-state index is 11.7. The molecule has 0 saturated carbocycles. The van der Waals surface area contributed by atoms with Crippen LogP contribution in [0.25, 0.3) is 0 Å². The van der Waals surface area contributed by atoms with Crippen molar-refractivity contribution in [2.45, 2.75) is 19.9 Å². The fourth-order valence-corrected chi connectivity index (χ4v) is 2.34. The molecule has 2 heterocycles. The molecule has 0 aromatic heterocycles. The van der Waals surface area contributed by atoms with Gasteiger partial charge < -0.3 is 5.32 Å². The van der Waals surface area contributed by atoms with Gasteiger partial charge in [-0.15, -0.1) is 0 Å². The van der Waals surface area contributed by atoms with Crippen molar-refractivity contribution in [1.29, 1.82) is 0 Å². The molecule has 4 heteroatoms. The highest BCUT2D eigenvalue weighted by Crippen LogP contribution is 2.32. The van der Waals surface area contributed by atoms with E-state index in [1.165, 1.54) is 4.90 Å². The van der Waals surface area contributed by atoms with E-state index in [9.17, 15) is 9.59 Å². The molecule has 2 fully saturated rings. The van der Waals surface area contributed by atoms with E-state index in [1.807, 2.05) is 13.8 Å². The SMILES string of the molecule is CCN1C(=O)C2CNC(C)C2C1=O. The van der Waals surface area contributed by atoms with Crippen LogP contribution >= 0.6 is 0 Å². The number of nitrogens with zero attached hydrogens (tertiary/aromatic N) is 1. The zero-order valence-electron chi connectivity index (χ0n) is 7.91. The lowest BCUT2D eigenvalue weighted by molar-refractivity contribution is -0.140. The fraction of sp³-hybridized carbons (Fsp3) is 0.778. The Hall–Kier alpha value is -0.900. The minimum Gasteiger partial charge on any atom is -0.313 e. The van der Waals surface area contributed by atoms with Gasteiger partial charge in [-0.05, 0) is 13.8 Å². The molecule has 0 spiro atoms. The maximum atomic E-state index is 11.7. The monoisotopic (exact) mass is 182 g/mol. The number of nitrogens with one attached hydrogen (secondary N) is 1. The molecule has 2 aliphatic rings. The highest BCUT2D eigenvalue weighted by molar-refractivity contribution is 6.06. The minimum absolute atomic E-state index is 0.00866. The highest BCUT2D eigenvalue weighted by atomic mass is 16.2. The van der Waals surface area contributed by atoms with E-state index < -0.39 is 0 Å². The van der Waals surface area contributed by atoms with E-state index in [0.717, 1.165) is 0 Å². The third-order valence-electron chi connectivity index (χ3n) is 3.08. The zero-order valence-corrected chi connectivity index (χ0v) is 7.91. The van der Waals surface area contributed by atoms with Crippen LogP contribution in [0.2, 0.25) is 0 Å². The number of carbonyl (C=O) groups is 2. The van der Waals surface area contributed by atoms with Crippen LogP contribution < -0.4 is 5.32 Å². The Kier molecular flexibility index (Phi) is 1.87. The van der Waals surface area contributed by atoms with Gasteiger partial charge in [0.25, 0.3) is 0 Å². The normalized spacial score (nSPS) is 38.6. The second-order valence-corrected chi connectivity index (χ2v) is 3.75. The molecule has 0 aromatic carbocycles. The van der Waals surface area contributed by atoms with E-state index in [4.69, 9.17) is 0 Å². The van der Waals surface area contributed by atoms with Crippen LogP contribution in [0.4, 0.5) is 0 Å². The summed E-state index contributed by atoms with van der Waals surface area (Å²) in [6.07, 6.45) is 0. The van der Waals surface area contributed by atoms with Gasteiger partial charge in [-0.2, -0.15) is 0 Å². The van der Waals surface area contributed by atoms with Crippen LogP contribution in [-0.4, -0.2) is 35.8 Å². The van der Waals surface area contributed by atoms with Gasteiger partial charge in [0.15, 0.2) is 0 Å². The van der Waals surface area contributed by atoms with Gasteiger partial charge >= 0.3 is 0 Å². The van der Waals surface area contributed by atoms with Crippen LogP contribution in [0.5, 0.6) is 0 Å². The number of imide groups is 1. The van der Waals surface area contributed by atoms with Crippen molar-refractivity contribution in [3.05, 3.63) is 0 Å². The molecule has 2 amide bonds. The smallest absolute Gasteiger partial charge is 0.234 e. The Morgan fingerprint density at radius 1 is 1.46 bits per heavy atom. The average molecular weight is 182 g/mol. The van der Waals surface area contributed by atoms with Gasteiger partial charge in [0.2, 0.25) is 11.8 Å². The van der Waals surface area contributed by atoms with Gasteiger partial charge in [-0.25, -0.2) is 0 Å². The number of amides is 2. The third kappa shape index (κ3) is 1.01. The largest absolute Gasteiger partial charge is 0.313 e. The number of fused-ring (bicyclic) bond motifs is 1. The molecule has 72 valence electrons. The Balaban J connectivity index is 2.28.